The monoisotopic (exact) mass is 242 g/mol. The van der Waals surface area contributed by atoms with Crippen molar-refractivity contribution in [2.75, 3.05) is 19.7 Å². The molecule has 1 aliphatic heterocycles. The third-order valence-electron chi connectivity index (χ3n) is 2.99. The average Bonchev–Trinajstić information content (AvgIpc) is 2.45. The highest BCUT2D eigenvalue weighted by atomic mass is 16.5. The van der Waals surface area contributed by atoms with Crippen LogP contribution in [-0.4, -0.2) is 19.7 Å². The number of ether oxygens (including phenoxy) is 1. The van der Waals surface area contributed by atoms with Crippen molar-refractivity contribution in [2.45, 2.75) is 19.3 Å². The van der Waals surface area contributed by atoms with Gasteiger partial charge in [-0.15, -0.1) is 0 Å². The second-order valence-electron chi connectivity index (χ2n) is 4.32. The molecule has 3 nitrogen and oxygen atoms in total. The third kappa shape index (κ3) is 3.61. The molecular weight excluding hydrogens is 224 g/mol. The van der Waals surface area contributed by atoms with Crippen LogP contribution in [0.1, 0.15) is 24.8 Å². The number of nitriles is 1. The van der Waals surface area contributed by atoms with Crippen LogP contribution in [-0.2, 0) is 0 Å². The van der Waals surface area contributed by atoms with Crippen molar-refractivity contribution in [3.8, 4) is 11.8 Å². The van der Waals surface area contributed by atoms with Crippen LogP contribution in [0.2, 0.25) is 0 Å². The molecule has 0 bridgehead atoms. The minimum atomic E-state index is 0.554. The molecule has 1 N–H and O–H groups in total. The number of nitrogens with zero attached hydrogens (tertiary/aromatic N) is 1. The van der Waals surface area contributed by atoms with Gasteiger partial charge in [0.25, 0.3) is 0 Å². The van der Waals surface area contributed by atoms with Gasteiger partial charge in [0, 0.05) is 13.0 Å². The molecule has 3 heteroatoms. The van der Waals surface area contributed by atoms with Crippen molar-refractivity contribution in [2.24, 2.45) is 0 Å². The Morgan fingerprint density at radius 2 is 2.11 bits per heavy atom. The van der Waals surface area contributed by atoms with Crippen molar-refractivity contribution in [3.05, 3.63) is 35.9 Å². The molecule has 0 amide bonds. The summed E-state index contributed by atoms with van der Waals surface area (Å²) in [5, 5.41) is 11.7. The molecule has 1 aliphatic rings. The lowest BCUT2D eigenvalue weighted by Gasteiger charge is -2.14. The minimum absolute atomic E-state index is 0.554. The first-order valence-corrected chi connectivity index (χ1v) is 6.40. The van der Waals surface area contributed by atoms with E-state index in [1.54, 1.807) is 0 Å². The van der Waals surface area contributed by atoms with E-state index in [1.807, 2.05) is 12.1 Å². The van der Waals surface area contributed by atoms with E-state index in [-0.39, 0.29) is 0 Å². The van der Waals surface area contributed by atoms with Gasteiger partial charge in [-0.2, -0.15) is 5.26 Å². The summed E-state index contributed by atoms with van der Waals surface area (Å²) < 4.78 is 5.57. The number of nitrogens with one attached hydrogen (secondary N) is 1. The largest absolute Gasteiger partial charge is 0.494 e. The van der Waals surface area contributed by atoms with E-state index in [2.05, 4.69) is 29.6 Å². The van der Waals surface area contributed by atoms with Crippen molar-refractivity contribution < 1.29 is 4.74 Å². The highest BCUT2D eigenvalue weighted by molar-refractivity contribution is 5.67. The Hall–Kier alpha value is -1.79. The number of benzene rings is 1. The van der Waals surface area contributed by atoms with Gasteiger partial charge in [0.05, 0.1) is 12.7 Å². The lowest BCUT2D eigenvalue weighted by molar-refractivity contribution is 0.312. The van der Waals surface area contributed by atoms with Crippen molar-refractivity contribution in [1.82, 2.24) is 5.32 Å². The second-order valence-corrected chi connectivity index (χ2v) is 4.32. The molecule has 0 aromatic heterocycles. The zero-order chi connectivity index (χ0) is 12.6. The lowest BCUT2D eigenvalue weighted by atomic mass is 10.0. The van der Waals surface area contributed by atoms with E-state index in [4.69, 9.17) is 10.00 Å². The molecule has 0 atom stereocenters. The molecular formula is C15H18N2O. The van der Waals surface area contributed by atoms with Crippen LogP contribution < -0.4 is 10.1 Å². The molecule has 0 unspecified atom stereocenters. The van der Waals surface area contributed by atoms with E-state index in [1.165, 1.54) is 11.1 Å². The van der Waals surface area contributed by atoms with Crippen LogP contribution in [0, 0.1) is 11.3 Å². The molecule has 0 saturated heterocycles. The minimum Gasteiger partial charge on any atom is -0.494 e. The Morgan fingerprint density at radius 1 is 1.28 bits per heavy atom. The summed E-state index contributed by atoms with van der Waals surface area (Å²) in [5.41, 5.74) is 2.69. The van der Waals surface area contributed by atoms with Crippen LogP contribution in [0.3, 0.4) is 0 Å². The maximum atomic E-state index is 8.43. The molecule has 0 aliphatic carbocycles. The Labute approximate surface area is 108 Å². The van der Waals surface area contributed by atoms with Gasteiger partial charge in [0.2, 0.25) is 0 Å². The molecule has 2 rings (SSSR count). The molecule has 0 spiro atoms. The Kier molecular flexibility index (Phi) is 4.80. The highest BCUT2D eigenvalue weighted by Gasteiger charge is 2.05. The van der Waals surface area contributed by atoms with E-state index < -0.39 is 0 Å². The summed E-state index contributed by atoms with van der Waals surface area (Å²) in [6, 6.07) is 10.3. The number of hydrogen-bond acceptors (Lipinski definition) is 3. The lowest BCUT2D eigenvalue weighted by Crippen LogP contribution is -2.19. The quantitative estimate of drug-likeness (QED) is 0.807. The summed E-state index contributed by atoms with van der Waals surface area (Å²) >= 11 is 0. The first kappa shape index (κ1) is 12.7. The summed E-state index contributed by atoms with van der Waals surface area (Å²) in [7, 11) is 0. The fraction of sp³-hybridized carbons (Fsp3) is 0.400. The maximum Gasteiger partial charge on any atom is 0.119 e. The van der Waals surface area contributed by atoms with Gasteiger partial charge < -0.3 is 10.1 Å². The van der Waals surface area contributed by atoms with E-state index in [0.717, 1.165) is 31.7 Å². The summed E-state index contributed by atoms with van der Waals surface area (Å²) in [5.74, 6) is 0.881. The van der Waals surface area contributed by atoms with Crippen molar-refractivity contribution in [3.63, 3.8) is 0 Å². The topological polar surface area (TPSA) is 45.0 Å². The first-order valence-electron chi connectivity index (χ1n) is 6.40. The van der Waals surface area contributed by atoms with Crippen LogP contribution >= 0.6 is 0 Å². The fourth-order valence-electron chi connectivity index (χ4n) is 1.99. The molecule has 0 saturated carbocycles. The van der Waals surface area contributed by atoms with Crippen molar-refractivity contribution in [1.29, 1.82) is 5.26 Å². The van der Waals surface area contributed by atoms with Crippen molar-refractivity contribution >= 4 is 5.57 Å². The first-order chi connectivity index (χ1) is 8.90. The molecule has 1 aromatic rings. The van der Waals surface area contributed by atoms with E-state index >= 15 is 0 Å². The van der Waals surface area contributed by atoms with Gasteiger partial charge >= 0.3 is 0 Å². The molecule has 0 radical (unpaired) electrons. The van der Waals surface area contributed by atoms with Crippen LogP contribution in [0.5, 0.6) is 5.75 Å². The number of unbranched alkanes of at least 4 members (excludes halogenated alkanes) is 1. The van der Waals surface area contributed by atoms with Crippen LogP contribution in [0.25, 0.3) is 5.57 Å². The standard InChI is InChI=1S/C15H18N2O/c16-9-1-2-12-18-15-5-3-13(4-6-15)14-7-10-17-11-8-14/h3-7,17H,1-2,8,10-12H2. The van der Waals surface area contributed by atoms with Gasteiger partial charge in [-0.05, 0) is 42.7 Å². The normalized spacial score (nSPS) is 14.7. The zero-order valence-electron chi connectivity index (χ0n) is 10.5. The Morgan fingerprint density at radius 3 is 2.78 bits per heavy atom. The number of rotatable bonds is 5. The third-order valence-corrected chi connectivity index (χ3v) is 2.99. The second kappa shape index (κ2) is 6.83. The Balaban J connectivity index is 1.89. The van der Waals surface area contributed by atoms with Gasteiger partial charge in [-0.25, -0.2) is 0 Å². The molecule has 0 fully saturated rings. The molecule has 1 aromatic carbocycles. The Bertz CT molecular complexity index is 443. The zero-order valence-corrected chi connectivity index (χ0v) is 10.5. The average molecular weight is 242 g/mol. The van der Waals surface area contributed by atoms with Gasteiger partial charge in [0.1, 0.15) is 5.75 Å². The summed E-state index contributed by atoms with van der Waals surface area (Å²) in [4.78, 5) is 0. The smallest absolute Gasteiger partial charge is 0.119 e. The van der Waals surface area contributed by atoms with Crippen LogP contribution in [0.4, 0.5) is 0 Å². The SMILES string of the molecule is N#CCCCOc1ccc(C2=CCNCC2)cc1. The summed E-state index contributed by atoms with van der Waals surface area (Å²) in [6.07, 6.45) is 4.67. The predicted octanol–water partition coefficient (Wildman–Crippen LogP) is 2.75. The van der Waals surface area contributed by atoms with Gasteiger partial charge in [-0.1, -0.05) is 18.2 Å². The molecule has 94 valence electrons. The number of hydrogen-bond donors (Lipinski definition) is 1. The predicted molar refractivity (Wildman–Crippen MR) is 72.2 cm³/mol. The maximum absolute atomic E-state index is 8.43. The van der Waals surface area contributed by atoms with Gasteiger partial charge in [-0.3, -0.25) is 0 Å². The molecule has 1 heterocycles. The summed E-state index contributed by atoms with van der Waals surface area (Å²) in [6.45, 7) is 2.62. The van der Waals surface area contributed by atoms with Crippen LogP contribution in [0.15, 0.2) is 30.3 Å². The van der Waals surface area contributed by atoms with Gasteiger partial charge in [0.15, 0.2) is 0 Å². The fourth-order valence-corrected chi connectivity index (χ4v) is 1.99. The molecule has 18 heavy (non-hydrogen) atoms. The van der Waals surface area contributed by atoms with E-state index in [9.17, 15) is 0 Å². The van der Waals surface area contributed by atoms with E-state index in [0.29, 0.717) is 13.0 Å². The highest BCUT2D eigenvalue weighted by Crippen LogP contribution is 2.22.